The van der Waals surface area contributed by atoms with Crippen LogP contribution in [0.5, 0.6) is 0 Å². The zero-order valence-corrected chi connectivity index (χ0v) is 8.51. The maximum atomic E-state index is 11.2. The number of hydrogen-bond acceptors (Lipinski definition) is 3. The fourth-order valence-electron chi connectivity index (χ4n) is 0.992. The average molecular weight is 201 g/mol. The SMILES string of the molecule is CC(C)(C)OC(=O)N[C@H]1CNC(=O)N1. The third-order valence-electron chi connectivity index (χ3n) is 1.46. The minimum absolute atomic E-state index is 0.286. The maximum absolute atomic E-state index is 11.2. The summed E-state index contributed by atoms with van der Waals surface area (Å²) in [5.41, 5.74) is -0.528. The highest BCUT2D eigenvalue weighted by molar-refractivity contribution is 5.78. The fraction of sp³-hybridized carbons (Fsp3) is 0.750. The molecule has 0 spiro atoms. The lowest BCUT2D eigenvalue weighted by Gasteiger charge is -2.21. The van der Waals surface area contributed by atoms with Crippen molar-refractivity contribution in [2.75, 3.05) is 6.54 Å². The Bertz CT molecular complexity index is 247. The topological polar surface area (TPSA) is 79.5 Å². The quantitative estimate of drug-likeness (QED) is 0.565. The van der Waals surface area contributed by atoms with Crippen LogP contribution >= 0.6 is 0 Å². The van der Waals surface area contributed by atoms with Gasteiger partial charge < -0.3 is 15.4 Å². The van der Waals surface area contributed by atoms with Crippen LogP contribution in [0.1, 0.15) is 20.8 Å². The standard InChI is InChI=1S/C8H15N3O3/c1-8(2,3)14-7(13)11-5-4-9-6(12)10-5/h5H,4H2,1-3H3,(H,11,13)(H2,9,10,12)/t5-/m0/s1. The van der Waals surface area contributed by atoms with E-state index in [4.69, 9.17) is 4.74 Å². The minimum atomic E-state index is -0.536. The molecular formula is C8H15N3O3. The van der Waals surface area contributed by atoms with Crippen LogP contribution < -0.4 is 16.0 Å². The lowest BCUT2D eigenvalue weighted by molar-refractivity contribution is 0.0504. The predicted molar refractivity (Wildman–Crippen MR) is 49.7 cm³/mol. The van der Waals surface area contributed by atoms with Gasteiger partial charge in [0.25, 0.3) is 0 Å². The highest BCUT2D eigenvalue weighted by atomic mass is 16.6. The van der Waals surface area contributed by atoms with Crippen molar-refractivity contribution in [1.29, 1.82) is 0 Å². The van der Waals surface area contributed by atoms with Crippen LogP contribution in [0.3, 0.4) is 0 Å². The molecule has 6 nitrogen and oxygen atoms in total. The highest BCUT2D eigenvalue weighted by Gasteiger charge is 2.24. The Hall–Kier alpha value is -1.46. The van der Waals surface area contributed by atoms with E-state index in [1.54, 1.807) is 20.8 Å². The Labute approximate surface area is 82.4 Å². The molecule has 3 amide bonds. The number of nitrogens with one attached hydrogen (secondary N) is 3. The molecule has 1 heterocycles. The van der Waals surface area contributed by atoms with Crippen molar-refractivity contribution in [1.82, 2.24) is 16.0 Å². The molecule has 1 rings (SSSR count). The van der Waals surface area contributed by atoms with Crippen molar-refractivity contribution < 1.29 is 14.3 Å². The summed E-state index contributed by atoms with van der Waals surface area (Å²) < 4.78 is 5.01. The molecular weight excluding hydrogens is 186 g/mol. The second-order valence-corrected chi connectivity index (χ2v) is 4.05. The van der Waals surface area contributed by atoms with Crippen LogP contribution in [-0.4, -0.2) is 30.4 Å². The van der Waals surface area contributed by atoms with Gasteiger partial charge >= 0.3 is 12.1 Å². The second-order valence-electron chi connectivity index (χ2n) is 4.05. The Balaban J connectivity index is 2.31. The molecule has 1 fully saturated rings. The normalized spacial score (nSPS) is 21.1. The van der Waals surface area contributed by atoms with Gasteiger partial charge in [-0.25, -0.2) is 9.59 Å². The first-order chi connectivity index (χ1) is 6.37. The molecule has 0 aromatic heterocycles. The summed E-state index contributed by atoms with van der Waals surface area (Å²) in [6, 6.07) is -0.286. The van der Waals surface area contributed by atoms with Gasteiger partial charge in [0.1, 0.15) is 11.8 Å². The monoisotopic (exact) mass is 201 g/mol. The van der Waals surface area contributed by atoms with Gasteiger partial charge in [-0.1, -0.05) is 0 Å². The first-order valence-electron chi connectivity index (χ1n) is 4.41. The van der Waals surface area contributed by atoms with Gasteiger partial charge in [-0.2, -0.15) is 0 Å². The first-order valence-corrected chi connectivity index (χ1v) is 4.41. The fourth-order valence-corrected chi connectivity index (χ4v) is 0.992. The molecule has 3 N–H and O–H groups in total. The van der Waals surface area contributed by atoms with Crippen molar-refractivity contribution in [2.45, 2.75) is 32.5 Å². The van der Waals surface area contributed by atoms with E-state index in [0.29, 0.717) is 6.54 Å². The number of carbonyl (C=O) groups excluding carboxylic acids is 2. The van der Waals surface area contributed by atoms with Crippen LogP contribution in [0.15, 0.2) is 0 Å². The predicted octanol–water partition coefficient (Wildman–Crippen LogP) is 0.150. The van der Waals surface area contributed by atoms with Crippen LogP contribution in [0, 0.1) is 0 Å². The summed E-state index contributed by atoms with van der Waals surface area (Å²) >= 11 is 0. The lowest BCUT2D eigenvalue weighted by Crippen LogP contribution is -2.46. The van der Waals surface area contributed by atoms with E-state index in [-0.39, 0.29) is 6.03 Å². The van der Waals surface area contributed by atoms with Crippen LogP contribution in [0.4, 0.5) is 9.59 Å². The van der Waals surface area contributed by atoms with Gasteiger partial charge in [0.15, 0.2) is 0 Å². The van der Waals surface area contributed by atoms with E-state index in [9.17, 15) is 9.59 Å². The number of rotatable bonds is 1. The van der Waals surface area contributed by atoms with Crippen LogP contribution in [0.2, 0.25) is 0 Å². The molecule has 6 heteroatoms. The van der Waals surface area contributed by atoms with Gasteiger partial charge in [0, 0.05) is 0 Å². The van der Waals surface area contributed by atoms with Crippen LogP contribution in [-0.2, 0) is 4.74 Å². The van der Waals surface area contributed by atoms with E-state index >= 15 is 0 Å². The van der Waals surface area contributed by atoms with E-state index in [0.717, 1.165) is 0 Å². The summed E-state index contributed by atoms with van der Waals surface area (Å²) in [6.45, 7) is 5.70. The molecule has 1 aliphatic heterocycles. The lowest BCUT2D eigenvalue weighted by atomic mass is 10.2. The summed E-state index contributed by atoms with van der Waals surface area (Å²) in [5.74, 6) is 0. The van der Waals surface area contributed by atoms with Crippen LogP contribution in [0.25, 0.3) is 0 Å². The van der Waals surface area contributed by atoms with E-state index < -0.39 is 17.9 Å². The van der Waals surface area contributed by atoms with Gasteiger partial charge in [-0.3, -0.25) is 5.32 Å². The van der Waals surface area contributed by atoms with Crippen molar-refractivity contribution in [2.24, 2.45) is 0 Å². The van der Waals surface area contributed by atoms with E-state index in [2.05, 4.69) is 16.0 Å². The summed E-state index contributed by atoms with van der Waals surface area (Å²) in [5, 5.41) is 7.54. The number of amides is 3. The van der Waals surface area contributed by atoms with Gasteiger partial charge in [-0.15, -0.1) is 0 Å². The molecule has 0 saturated carbocycles. The Morgan fingerprint density at radius 2 is 2.21 bits per heavy atom. The summed E-state index contributed by atoms with van der Waals surface area (Å²) in [7, 11) is 0. The molecule has 14 heavy (non-hydrogen) atoms. The molecule has 0 unspecified atom stereocenters. The molecule has 0 aliphatic carbocycles. The second kappa shape index (κ2) is 3.73. The Morgan fingerprint density at radius 3 is 2.64 bits per heavy atom. The third kappa shape index (κ3) is 3.51. The maximum Gasteiger partial charge on any atom is 0.409 e. The molecule has 0 aromatic carbocycles. The van der Waals surface area contributed by atoms with E-state index in [1.807, 2.05) is 0 Å². The largest absolute Gasteiger partial charge is 0.444 e. The van der Waals surface area contributed by atoms with Crippen molar-refractivity contribution in [3.63, 3.8) is 0 Å². The first kappa shape index (κ1) is 10.6. The average Bonchev–Trinajstić information content (AvgIpc) is 2.30. The number of carbonyl (C=O) groups is 2. The minimum Gasteiger partial charge on any atom is -0.444 e. The molecule has 0 aromatic rings. The van der Waals surface area contributed by atoms with Crippen molar-refractivity contribution in [3.05, 3.63) is 0 Å². The molecule has 1 saturated heterocycles. The molecule has 0 bridgehead atoms. The zero-order valence-electron chi connectivity index (χ0n) is 8.51. The van der Waals surface area contributed by atoms with Gasteiger partial charge in [0.05, 0.1) is 6.54 Å². The number of hydrogen-bond donors (Lipinski definition) is 3. The number of alkyl carbamates (subject to hydrolysis) is 1. The Morgan fingerprint density at radius 1 is 1.57 bits per heavy atom. The third-order valence-corrected chi connectivity index (χ3v) is 1.46. The Kier molecular flexibility index (Phi) is 2.83. The number of ether oxygens (including phenoxy) is 1. The van der Waals surface area contributed by atoms with Gasteiger partial charge in [0.2, 0.25) is 0 Å². The molecule has 1 aliphatic rings. The van der Waals surface area contributed by atoms with E-state index in [1.165, 1.54) is 0 Å². The molecule has 0 radical (unpaired) electrons. The van der Waals surface area contributed by atoms with Gasteiger partial charge in [-0.05, 0) is 20.8 Å². The van der Waals surface area contributed by atoms with Crippen molar-refractivity contribution in [3.8, 4) is 0 Å². The highest BCUT2D eigenvalue weighted by Crippen LogP contribution is 2.06. The zero-order chi connectivity index (χ0) is 10.8. The summed E-state index contributed by atoms with van der Waals surface area (Å²) in [4.78, 5) is 21.9. The summed E-state index contributed by atoms with van der Waals surface area (Å²) in [6.07, 6.45) is -0.927. The number of urea groups is 1. The molecule has 80 valence electrons. The van der Waals surface area contributed by atoms with Crippen molar-refractivity contribution >= 4 is 12.1 Å². The molecule has 1 atom stereocenters. The smallest absolute Gasteiger partial charge is 0.409 e.